The van der Waals surface area contributed by atoms with Crippen molar-refractivity contribution in [2.45, 2.75) is 6.54 Å². The summed E-state index contributed by atoms with van der Waals surface area (Å²) in [7, 11) is 0. The van der Waals surface area contributed by atoms with Gasteiger partial charge in [-0.2, -0.15) is 5.10 Å². The van der Waals surface area contributed by atoms with E-state index in [1.54, 1.807) is 48.5 Å². The number of amides is 2. The lowest BCUT2D eigenvalue weighted by molar-refractivity contribution is -0.139. The first-order chi connectivity index (χ1) is 11.0. The Morgan fingerprint density at radius 2 is 1.48 bits per heavy atom. The number of halogens is 2. The van der Waals surface area contributed by atoms with Crippen LogP contribution in [0.3, 0.4) is 0 Å². The summed E-state index contributed by atoms with van der Waals surface area (Å²) >= 11 is 11.5. The number of nitrogens with zero attached hydrogens (tertiary/aromatic N) is 1. The SMILES string of the molecule is O=C(NCc1ccc(Cl)cc1)C(=O)N/N=C/c1ccc(Cl)cc1. The fourth-order valence-corrected chi connectivity index (χ4v) is 1.88. The molecular weight excluding hydrogens is 337 g/mol. The molecule has 0 spiro atoms. The zero-order valence-corrected chi connectivity index (χ0v) is 13.4. The van der Waals surface area contributed by atoms with Crippen LogP contribution in [0.25, 0.3) is 0 Å². The number of rotatable bonds is 4. The van der Waals surface area contributed by atoms with Crippen LogP contribution in [0, 0.1) is 0 Å². The summed E-state index contributed by atoms with van der Waals surface area (Å²) in [4.78, 5) is 23.2. The minimum absolute atomic E-state index is 0.227. The lowest BCUT2D eigenvalue weighted by atomic mass is 10.2. The molecule has 2 rings (SSSR count). The summed E-state index contributed by atoms with van der Waals surface area (Å²) in [5, 5.41) is 7.41. The van der Waals surface area contributed by atoms with Crippen molar-refractivity contribution in [2.24, 2.45) is 5.10 Å². The van der Waals surface area contributed by atoms with Gasteiger partial charge in [-0.05, 0) is 35.4 Å². The quantitative estimate of drug-likeness (QED) is 0.506. The van der Waals surface area contributed by atoms with E-state index in [1.165, 1.54) is 6.21 Å². The third-order valence-electron chi connectivity index (χ3n) is 2.82. The van der Waals surface area contributed by atoms with Gasteiger partial charge in [0.2, 0.25) is 0 Å². The van der Waals surface area contributed by atoms with Crippen molar-refractivity contribution < 1.29 is 9.59 Å². The fraction of sp³-hybridized carbons (Fsp3) is 0.0625. The molecule has 23 heavy (non-hydrogen) atoms. The maximum absolute atomic E-state index is 11.6. The lowest BCUT2D eigenvalue weighted by Gasteiger charge is -2.04. The molecule has 0 heterocycles. The number of nitrogens with one attached hydrogen (secondary N) is 2. The molecule has 0 fully saturated rings. The molecule has 2 amide bonds. The maximum atomic E-state index is 11.6. The predicted octanol–water partition coefficient (Wildman–Crippen LogP) is 2.76. The Bertz CT molecular complexity index is 713. The van der Waals surface area contributed by atoms with E-state index in [9.17, 15) is 9.59 Å². The average Bonchev–Trinajstić information content (AvgIpc) is 2.55. The van der Waals surface area contributed by atoms with Gasteiger partial charge < -0.3 is 5.32 Å². The van der Waals surface area contributed by atoms with Gasteiger partial charge in [-0.15, -0.1) is 0 Å². The number of hydrogen-bond donors (Lipinski definition) is 2. The highest BCUT2D eigenvalue weighted by atomic mass is 35.5. The highest BCUT2D eigenvalue weighted by Gasteiger charge is 2.11. The van der Waals surface area contributed by atoms with Gasteiger partial charge in [0.25, 0.3) is 0 Å². The zero-order valence-electron chi connectivity index (χ0n) is 11.9. The number of hydrogen-bond acceptors (Lipinski definition) is 3. The van der Waals surface area contributed by atoms with Crippen LogP contribution in [0.15, 0.2) is 53.6 Å². The smallest absolute Gasteiger partial charge is 0.329 e. The largest absolute Gasteiger partial charge is 0.344 e. The normalized spacial score (nSPS) is 10.5. The average molecular weight is 350 g/mol. The molecule has 0 unspecified atom stereocenters. The minimum atomic E-state index is -0.843. The minimum Gasteiger partial charge on any atom is -0.344 e. The number of hydrazone groups is 1. The van der Waals surface area contributed by atoms with Crippen LogP contribution < -0.4 is 10.7 Å². The van der Waals surface area contributed by atoms with Crippen molar-refractivity contribution in [3.05, 3.63) is 69.7 Å². The van der Waals surface area contributed by atoms with Crippen molar-refractivity contribution in [3.63, 3.8) is 0 Å². The van der Waals surface area contributed by atoms with Crippen molar-refractivity contribution in [3.8, 4) is 0 Å². The van der Waals surface area contributed by atoms with Gasteiger partial charge in [0.1, 0.15) is 0 Å². The van der Waals surface area contributed by atoms with E-state index < -0.39 is 11.8 Å². The second-order valence-corrected chi connectivity index (χ2v) is 5.43. The summed E-state index contributed by atoms with van der Waals surface area (Å²) < 4.78 is 0. The van der Waals surface area contributed by atoms with Gasteiger partial charge in [-0.25, -0.2) is 5.43 Å². The molecule has 0 radical (unpaired) electrons. The Labute approximate surface area is 143 Å². The molecule has 0 aliphatic carbocycles. The third kappa shape index (κ3) is 5.73. The Morgan fingerprint density at radius 1 is 0.913 bits per heavy atom. The van der Waals surface area contributed by atoms with E-state index in [1.807, 2.05) is 0 Å². The third-order valence-corrected chi connectivity index (χ3v) is 3.33. The molecule has 2 aromatic carbocycles. The molecule has 2 N–H and O–H groups in total. The van der Waals surface area contributed by atoms with Gasteiger partial charge in [-0.3, -0.25) is 9.59 Å². The van der Waals surface area contributed by atoms with Gasteiger partial charge >= 0.3 is 11.8 Å². The van der Waals surface area contributed by atoms with Gasteiger partial charge in [0.05, 0.1) is 6.21 Å². The van der Waals surface area contributed by atoms with Gasteiger partial charge in [-0.1, -0.05) is 47.5 Å². The fourth-order valence-electron chi connectivity index (χ4n) is 1.63. The summed E-state index contributed by atoms with van der Waals surface area (Å²) in [6.45, 7) is 0.227. The van der Waals surface area contributed by atoms with Crippen LogP contribution in [-0.4, -0.2) is 18.0 Å². The van der Waals surface area contributed by atoms with E-state index >= 15 is 0 Å². The first-order valence-corrected chi connectivity index (χ1v) is 7.41. The molecule has 2 aromatic rings. The van der Waals surface area contributed by atoms with Crippen molar-refractivity contribution in [1.82, 2.24) is 10.7 Å². The van der Waals surface area contributed by atoms with Crippen LogP contribution in [0.4, 0.5) is 0 Å². The van der Waals surface area contributed by atoms with E-state index in [0.717, 1.165) is 11.1 Å². The van der Waals surface area contributed by atoms with E-state index in [4.69, 9.17) is 23.2 Å². The Kier molecular flexibility index (Phi) is 6.14. The van der Waals surface area contributed by atoms with E-state index in [-0.39, 0.29) is 6.54 Å². The zero-order chi connectivity index (χ0) is 16.7. The predicted molar refractivity (Wildman–Crippen MR) is 90.5 cm³/mol. The van der Waals surface area contributed by atoms with Crippen LogP contribution >= 0.6 is 23.2 Å². The van der Waals surface area contributed by atoms with Crippen LogP contribution in [0.1, 0.15) is 11.1 Å². The van der Waals surface area contributed by atoms with Crippen LogP contribution in [0.2, 0.25) is 10.0 Å². The summed E-state index contributed by atoms with van der Waals surface area (Å²) in [6.07, 6.45) is 1.42. The monoisotopic (exact) mass is 349 g/mol. The van der Waals surface area contributed by atoms with Crippen LogP contribution in [-0.2, 0) is 16.1 Å². The Morgan fingerprint density at radius 3 is 2.09 bits per heavy atom. The highest BCUT2D eigenvalue weighted by molar-refractivity contribution is 6.35. The second kappa shape index (κ2) is 8.31. The molecule has 118 valence electrons. The summed E-state index contributed by atoms with van der Waals surface area (Å²) in [5.74, 6) is -1.61. The Balaban J connectivity index is 1.79. The molecule has 0 bridgehead atoms. The lowest BCUT2D eigenvalue weighted by Crippen LogP contribution is -2.37. The van der Waals surface area contributed by atoms with E-state index in [2.05, 4.69) is 15.8 Å². The first kappa shape index (κ1) is 17.0. The molecule has 0 aliphatic rings. The molecule has 0 saturated carbocycles. The molecule has 0 aliphatic heterocycles. The van der Waals surface area contributed by atoms with E-state index in [0.29, 0.717) is 10.0 Å². The number of carbonyl (C=O) groups is 2. The number of benzene rings is 2. The molecule has 0 saturated heterocycles. The molecule has 0 atom stereocenters. The summed E-state index contributed by atoms with van der Waals surface area (Å²) in [6, 6.07) is 13.8. The van der Waals surface area contributed by atoms with Crippen molar-refractivity contribution in [2.75, 3.05) is 0 Å². The van der Waals surface area contributed by atoms with Crippen molar-refractivity contribution in [1.29, 1.82) is 0 Å². The summed E-state index contributed by atoms with van der Waals surface area (Å²) in [5.41, 5.74) is 3.74. The molecule has 7 heteroatoms. The highest BCUT2D eigenvalue weighted by Crippen LogP contribution is 2.09. The first-order valence-electron chi connectivity index (χ1n) is 6.66. The second-order valence-electron chi connectivity index (χ2n) is 4.56. The maximum Gasteiger partial charge on any atom is 0.329 e. The number of carbonyl (C=O) groups excluding carboxylic acids is 2. The van der Waals surface area contributed by atoms with Gasteiger partial charge in [0.15, 0.2) is 0 Å². The standard InChI is InChI=1S/C16H13Cl2N3O2/c17-13-5-1-11(2-6-13)9-19-15(22)16(23)21-20-10-12-3-7-14(18)8-4-12/h1-8,10H,9H2,(H,19,22)(H,21,23)/b20-10+. The molecule has 5 nitrogen and oxygen atoms in total. The molecular formula is C16H13Cl2N3O2. The van der Waals surface area contributed by atoms with Crippen LogP contribution in [0.5, 0.6) is 0 Å². The topological polar surface area (TPSA) is 70.6 Å². The van der Waals surface area contributed by atoms with Gasteiger partial charge in [0, 0.05) is 16.6 Å². The Hall–Kier alpha value is -2.37. The van der Waals surface area contributed by atoms with Crippen molar-refractivity contribution >= 4 is 41.2 Å². The molecule has 0 aromatic heterocycles.